The molecule has 2 aromatic carbocycles. The molecule has 2 heterocycles. The highest BCUT2D eigenvalue weighted by Crippen LogP contribution is 2.37. The molecular formula is C26H22N4O5. The second-order valence-electron chi connectivity index (χ2n) is 8.01. The molecule has 2 atom stereocenters. The second kappa shape index (κ2) is 10.2. The third-order valence-corrected chi connectivity index (χ3v) is 5.71. The highest BCUT2D eigenvalue weighted by molar-refractivity contribution is 5.39. The fourth-order valence-electron chi connectivity index (χ4n) is 3.82. The van der Waals surface area contributed by atoms with E-state index in [4.69, 9.17) is 4.74 Å². The van der Waals surface area contributed by atoms with Crippen molar-refractivity contribution >= 4 is 11.4 Å². The molecule has 0 aliphatic carbocycles. The molecule has 2 unspecified atom stereocenters. The van der Waals surface area contributed by atoms with E-state index in [1.165, 1.54) is 24.5 Å². The van der Waals surface area contributed by atoms with E-state index >= 15 is 0 Å². The lowest BCUT2D eigenvalue weighted by atomic mass is 9.97. The van der Waals surface area contributed by atoms with Crippen LogP contribution in [0.2, 0.25) is 0 Å². The Morgan fingerprint density at radius 2 is 1.06 bits per heavy atom. The number of aromatic nitrogens is 2. The van der Waals surface area contributed by atoms with Crippen LogP contribution in [0, 0.1) is 34.1 Å². The monoisotopic (exact) mass is 470 g/mol. The fraction of sp³-hybridized carbons (Fsp3) is 0.154. The molecule has 0 N–H and O–H groups in total. The van der Waals surface area contributed by atoms with E-state index in [-0.39, 0.29) is 11.4 Å². The molecule has 4 rings (SSSR count). The molecule has 2 aromatic heterocycles. The minimum absolute atomic E-state index is 0.121. The van der Waals surface area contributed by atoms with Crippen LogP contribution in [0.4, 0.5) is 11.4 Å². The van der Waals surface area contributed by atoms with Gasteiger partial charge in [0.1, 0.15) is 24.6 Å². The highest BCUT2D eigenvalue weighted by Gasteiger charge is 2.28. The van der Waals surface area contributed by atoms with Gasteiger partial charge in [-0.3, -0.25) is 30.2 Å². The Labute approximate surface area is 201 Å². The Morgan fingerprint density at radius 3 is 1.37 bits per heavy atom. The molecule has 0 bridgehead atoms. The number of aryl methyl sites for hydroxylation is 2. The normalized spacial score (nSPS) is 12.6. The van der Waals surface area contributed by atoms with Crippen molar-refractivity contribution in [2.45, 2.75) is 26.1 Å². The zero-order valence-corrected chi connectivity index (χ0v) is 19.1. The number of nitro groups is 2. The first-order chi connectivity index (χ1) is 16.8. The maximum atomic E-state index is 11.1. The Bertz CT molecular complexity index is 1250. The summed E-state index contributed by atoms with van der Waals surface area (Å²) in [7, 11) is 0. The Hall–Kier alpha value is -4.50. The van der Waals surface area contributed by atoms with E-state index < -0.39 is 22.1 Å². The molecule has 176 valence electrons. The summed E-state index contributed by atoms with van der Waals surface area (Å²) in [6.07, 6.45) is 1.05. The van der Waals surface area contributed by atoms with E-state index in [0.717, 1.165) is 22.3 Å². The smallest absolute Gasteiger partial charge is 0.287 e. The van der Waals surface area contributed by atoms with E-state index in [0.29, 0.717) is 11.4 Å². The Kier molecular flexibility index (Phi) is 6.88. The number of ether oxygens (including phenoxy) is 1. The van der Waals surface area contributed by atoms with Crippen molar-refractivity contribution in [2.75, 3.05) is 0 Å². The van der Waals surface area contributed by atoms with Crippen molar-refractivity contribution < 1.29 is 14.6 Å². The second-order valence-corrected chi connectivity index (χ2v) is 8.01. The standard InChI is InChI=1S/C26H22N4O5/c1-17-7-3-5-9-21(17)25(23-13-11-19(15-27-23)29(31)32)35-26(22-10-6-4-8-18(22)2)24-14-12-20(16-28-24)30(33)34/h3-16,25-26H,1-2H3. The van der Waals surface area contributed by atoms with Crippen molar-refractivity contribution in [1.29, 1.82) is 0 Å². The molecular weight excluding hydrogens is 448 g/mol. The number of hydrogen-bond acceptors (Lipinski definition) is 7. The van der Waals surface area contributed by atoms with Crippen LogP contribution in [0.3, 0.4) is 0 Å². The van der Waals surface area contributed by atoms with Crippen molar-refractivity contribution in [3.05, 3.63) is 139 Å². The topological polar surface area (TPSA) is 121 Å². The van der Waals surface area contributed by atoms with Gasteiger partial charge in [-0.05, 0) is 48.2 Å². The lowest BCUT2D eigenvalue weighted by Crippen LogP contribution is -2.17. The summed E-state index contributed by atoms with van der Waals surface area (Å²) in [5.41, 5.74) is 4.34. The molecule has 0 amide bonds. The van der Waals surface area contributed by atoms with Gasteiger partial charge in [-0.2, -0.15) is 0 Å². The van der Waals surface area contributed by atoms with Gasteiger partial charge in [0.15, 0.2) is 0 Å². The summed E-state index contributed by atoms with van der Waals surface area (Å²) in [4.78, 5) is 30.0. The molecule has 0 aliphatic rings. The Balaban J connectivity index is 1.84. The molecule has 0 aliphatic heterocycles. The van der Waals surface area contributed by atoms with Crippen LogP contribution in [0.25, 0.3) is 0 Å². The predicted octanol–water partition coefficient (Wildman–Crippen LogP) is 5.81. The highest BCUT2D eigenvalue weighted by atomic mass is 16.6. The summed E-state index contributed by atoms with van der Waals surface area (Å²) in [5.74, 6) is 0. The summed E-state index contributed by atoms with van der Waals surface area (Å²) in [5, 5.41) is 22.3. The van der Waals surface area contributed by atoms with Crippen LogP contribution >= 0.6 is 0 Å². The lowest BCUT2D eigenvalue weighted by Gasteiger charge is -2.27. The molecule has 4 aromatic rings. The first-order valence-corrected chi connectivity index (χ1v) is 10.8. The Morgan fingerprint density at radius 1 is 0.657 bits per heavy atom. The third kappa shape index (κ3) is 5.20. The summed E-state index contributed by atoms with van der Waals surface area (Å²) < 4.78 is 6.69. The molecule has 9 heteroatoms. The molecule has 9 nitrogen and oxygen atoms in total. The van der Waals surface area contributed by atoms with Gasteiger partial charge >= 0.3 is 0 Å². The van der Waals surface area contributed by atoms with E-state index in [9.17, 15) is 20.2 Å². The van der Waals surface area contributed by atoms with E-state index in [2.05, 4.69) is 9.97 Å². The average Bonchev–Trinajstić information content (AvgIpc) is 2.86. The number of benzene rings is 2. The van der Waals surface area contributed by atoms with Crippen LogP contribution in [0.1, 0.15) is 45.8 Å². The molecule has 0 saturated heterocycles. The van der Waals surface area contributed by atoms with Crippen LogP contribution in [-0.4, -0.2) is 19.8 Å². The SMILES string of the molecule is Cc1ccccc1C(OC(c1ccc([N+](=O)[O-])cn1)c1ccccc1C)c1ccc([N+](=O)[O-])cn1. The average molecular weight is 470 g/mol. The number of pyridine rings is 2. The number of hydrogen-bond donors (Lipinski definition) is 0. The van der Waals surface area contributed by atoms with Crippen molar-refractivity contribution in [3.63, 3.8) is 0 Å². The molecule has 35 heavy (non-hydrogen) atoms. The zero-order chi connectivity index (χ0) is 24.9. The van der Waals surface area contributed by atoms with Gasteiger partial charge < -0.3 is 4.74 Å². The summed E-state index contributed by atoms with van der Waals surface area (Å²) >= 11 is 0. The molecule has 0 fully saturated rings. The third-order valence-electron chi connectivity index (χ3n) is 5.71. The van der Waals surface area contributed by atoms with Crippen LogP contribution in [-0.2, 0) is 4.74 Å². The maximum Gasteiger partial charge on any atom is 0.287 e. The van der Waals surface area contributed by atoms with Gasteiger partial charge in [0.2, 0.25) is 0 Å². The minimum Gasteiger partial charge on any atom is -0.353 e. The number of nitrogens with zero attached hydrogens (tertiary/aromatic N) is 4. The van der Waals surface area contributed by atoms with E-state index in [1.54, 1.807) is 12.1 Å². The molecule has 0 saturated carbocycles. The van der Waals surface area contributed by atoms with Crippen LogP contribution in [0.15, 0.2) is 85.2 Å². The largest absolute Gasteiger partial charge is 0.353 e. The molecule has 0 radical (unpaired) electrons. The lowest BCUT2D eigenvalue weighted by molar-refractivity contribution is -0.385. The van der Waals surface area contributed by atoms with Gasteiger partial charge in [-0.1, -0.05) is 48.5 Å². The van der Waals surface area contributed by atoms with Gasteiger partial charge in [-0.15, -0.1) is 0 Å². The van der Waals surface area contributed by atoms with Gasteiger partial charge in [0.25, 0.3) is 11.4 Å². The van der Waals surface area contributed by atoms with Gasteiger partial charge in [-0.25, -0.2) is 0 Å². The van der Waals surface area contributed by atoms with Gasteiger partial charge in [0.05, 0.1) is 21.2 Å². The van der Waals surface area contributed by atoms with E-state index in [1.807, 2.05) is 62.4 Å². The zero-order valence-electron chi connectivity index (χ0n) is 19.1. The summed E-state index contributed by atoms with van der Waals surface area (Å²) in [6.45, 7) is 3.90. The van der Waals surface area contributed by atoms with Gasteiger partial charge in [0, 0.05) is 12.1 Å². The molecule has 0 spiro atoms. The van der Waals surface area contributed by atoms with Crippen LogP contribution < -0.4 is 0 Å². The predicted molar refractivity (Wildman–Crippen MR) is 129 cm³/mol. The van der Waals surface area contributed by atoms with Crippen molar-refractivity contribution in [2.24, 2.45) is 0 Å². The quantitative estimate of drug-likeness (QED) is 0.235. The fourth-order valence-corrected chi connectivity index (χ4v) is 3.82. The first-order valence-electron chi connectivity index (χ1n) is 10.8. The van der Waals surface area contributed by atoms with Crippen molar-refractivity contribution in [3.8, 4) is 0 Å². The summed E-state index contributed by atoms with van der Waals surface area (Å²) in [6, 6.07) is 21.3. The minimum atomic E-state index is -0.682. The maximum absolute atomic E-state index is 11.1. The van der Waals surface area contributed by atoms with Crippen molar-refractivity contribution in [1.82, 2.24) is 9.97 Å². The first kappa shape index (κ1) is 23.7. The number of rotatable bonds is 8. The van der Waals surface area contributed by atoms with Crippen LogP contribution in [0.5, 0.6) is 0 Å².